The zero-order chi connectivity index (χ0) is 18.9. The van der Waals surface area contributed by atoms with Crippen LogP contribution in [-0.4, -0.2) is 30.4 Å². The zero-order valence-electron chi connectivity index (χ0n) is 17.6. The van der Waals surface area contributed by atoms with Gasteiger partial charge in [0.15, 0.2) is 0 Å². The number of aliphatic hydroxyl groups excluding tert-OH is 1. The summed E-state index contributed by atoms with van der Waals surface area (Å²) in [4.78, 5) is 0. The molecule has 1 aliphatic rings. The van der Waals surface area contributed by atoms with E-state index in [0.29, 0.717) is 11.7 Å². The summed E-state index contributed by atoms with van der Waals surface area (Å²) in [6.45, 7) is -6.66. The third kappa shape index (κ3) is 5.39. The van der Waals surface area contributed by atoms with Crippen LogP contribution in [0, 0.1) is 0 Å². The molecular weight excluding hydrogens is 262 g/mol. The average molecular weight is 293 g/mol. The van der Waals surface area contributed by atoms with E-state index in [0.717, 1.165) is 18.4 Å². The Morgan fingerprint density at radius 3 is 2.89 bits per heavy atom. The van der Waals surface area contributed by atoms with Crippen LogP contribution < -0.4 is 10.1 Å². The fraction of sp³-hybridized carbons (Fsp3) is 0.600. The lowest BCUT2D eigenvalue weighted by Crippen LogP contribution is -2.35. The highest BCUT2D eigenvalue weighted by atomic mass is 35.5. The molecule has 0 aromatic heterocycles. The number of halogens is 1. The Kier molecular flexibility index (Phi) is 3.46. The second-order valence-corrected chi connectivity index (χ2v) is 4.53. The van der Waals surface area contributed by atoms with Crippen LogP contribution in [-0.2, 0) is 0 Å². The van der Waals surface area contributed by atoms with Gasteiger partial charge in [-0.3, -0.25) is 0 Å². The average Bonchev–Trinajstić information content (AvgIpc) is 3.33. The monoisotopic (exact) mass is 292 g/mol. The van der Waals surface area contributed by atoms with Gasteiger partial charge in [-0.1, -0.05) is 31.9 Å². The van der Waals surface area contributed by atoms with Crippen LogP contribution >= 0.6 is 12.4 Å². The molecule has 108 valence electrons. The highest BCUT2D eigenvalue weighted by Crippen LogP contribution is 2.44. The molecule has 0 aliphatic heterocycles. The van der Waals surface area contributed by atoms with Crippen LogP contribution in [0.2, 0.25) is 0 Å². The quantitative estimate of drug-likeness (QED) is 0.812. The van der Waals surface area contributed by atoms with E-state index in [1.54, 1.807) is 6.07 Å². The third-order valence-electron chi connectivity index (χ3n) is 2.88. The van der Waals surface area contributed by atoms with E-state index >= 15 is 0 Å². The fourth-order valence-corrected chi connectivity index (χ4v) is 1.81. The van der Waals surface area contributed by atoms with Gasteiger partial charge in [0.2, 0.25) is 0 Å². The van der Waals surface area contributed by atoms with Crippen molar-refractivity contribution in [1.29, 1.82) is 0 Å². The molecule has 1 aromatic carbocycles. The van der Waals surface area contributed by atoms with Gasteiger partial charge in [-0.2, -0.15) is 0 Å². The molecule has 0 amide bonds. The number of hydrogen-bond donors (Lipinski definition) is 2. The van der Waals surface area contributed by atoms with Crippen molar-refractivity contribution in [2.24, 2.45) is 0 Å². The normalized spacial score (nSPS) is 23.3. The van der Waals surface area contributed by atoms with E-state index in [1.807, 2.05) is 18.2 Å². The molecule has 0 bridgehead atoms. The summed E-state index contributed by atoms with van der Waals surface area (Å²) in [5.41, 5.74) is 1.07. The largest absolute Gasteiger partial charge is 0.491 e. The zero-order valence-corrected chi connectivity index (χ0v) is 11.4. The standard InChI is InChI=1S/C15H23NO2.ClH/c1-11(2)16-9-13(17)10-18-15-6-4-3-5-14(15)12-7-8-12;/h3-6,11-13,16-17H,7-10H2,1-2H3;1H/i1D3,2D3,11D;. The molecule has 3 nitrogen and oxygen atoms in total. The number of hydrogen-bond acceptors (Lipinski definition) is 3. The van der Waals surface area contributed by atoms with Crippen molar-refractivity contribution in [2.75, 3.05) is 13.2 Å². The predicted molar refractivity (Wildman–Crippen MR) is 80.3 cm³/mol. The van der Waals surface area contributed by atoms with E-state index in [1.165, 1.54) is 0 Å². The molecule has 1 atom stereocenters. The summed E-state index contributed by atoms with van der Waals surface area (Å²) in [5, 5.41) is 12.2. The number of rotatable bonds is 7. The summed E-state index contributed by atoms with van der Waals surface area (Å²) in [7, 11) is 0. The summed E-state index contributed by atoms with van der Waals surface area (Å²) in [5.74, 6) is 1.13. The molecule has 1 aromatic rings. The minimum Gasteiger partial charge on any atom is -0.491 e. The summed E-state index contributed by atoms with van der Waals surface area (Å²) >= 11 is 0. The lowest BCUT2D eigenvalue weighted by atomic mass is 10.1. The second kappa shape index (κ2) is 7.73. The Morgan fingerprint density at radius 1 is 1.47 bits per heavy atom. The van der Waals surface area contributed by atoms with E-state index in [4.69, 9.17) is 14.3 Å². The lowest BCUT2D eigenvalue weighted by Gasteiger charge is -2.16. The second-order valence-electron chi connectivity index (χ2n) is 4.53. The van der Waals surface area contributed by atoms with Crippen LogP contribution in [0.25, 0.3) is 0 Å². The van der Waals surface area contributed by atoms with Crippen molar-refractivity contribution < 1.29 is 19.4 Å². The number of ether oxygens (including phenoxy) is 1. The van der Waals surface area contributed by atoms with Gasteiger partial charge in [0.25, 0.3) is 0 Å². The highest BCUT2D eigenvalue weighted by molar-refractivity contribution is 5.85. The van der Waals surface area contributed by atoms with Crippen LogP contribution in [0.3, 0.4) is 0 Å². The van der Waals surface area contributed by atoms with Crippen molar-refractivity contribution in [2.45, 2.75) is 44.6 Å². The maximum atomic E-state index is 10.0. The fourth-order valence-electron chi connectivity index (χ4n) is 1.81. The van der Waals surface area contributed by atoms with Gasteiger partial charge in [-0.25, -0.2) is 0 Å². The Hall–Kier alpha value is -0.770. The van der Waals surface area contributed by atoms with Crippen molar-refractivity contribution in [3.8, 4) is 5.75 Å². The molecule has 1 fully saturated rings. The number of para-hydroxylation sites is 1. The maximum Gasteiger partial charge on any atom is 0.122 e. The molecule has 2 rings (SSSR count). The Balaban J connectivity index is 0.00000338. The first kappa shape index (κ1) is 8.50. The van der Waals surface area contributed by atoms with E-state index in [9.17, 15) is 5.11 Å². The minimum absolute atomic E-state index is 0. The molecule has 2 N–H and O–H groups in total. The van der Waals surface area contributed by atoms with E-state index < -0.39 is 25.8 Å². The first-order chi connectivity index (χ1) is 11.5. The molecule has 0 spiro atoms. The summed E-state index contributed by atoms with van der Waals surface area (Å²) < 4.78 is 57.3. The maximum absolute atomic E-state index is 10.0. The lowest BCUT2D eigenvalue weighted by molar-refractivity contribution is 0.104. The van der Waals surface area contributed by atoms with Gasteiger partial charge in [0.1, 0.15) is 18.5 Å². The van der Waals surface area contributed by atoms with Crippen molar-refractivity contribution in [1.82, 2.24) is 5.32 Å². The Labute approximate surface area is 131 Å². The first-order valence-electron chi connectivity index (χ1n) is 9.60. The van der Waals surface area contributed by atoms with E-state index in [-0.39, 0.29) is 25.6 Å². The Morgan fingerprint density at radius 2 is 2.21 bits per heavy atom. The Bertz CT molecular complexity index is 576. The molecule has 0 radical (unpaired) electrons. The highest BCUT2D eigenvalue weighted by Gasteiger charge is 2.26. The molecule has 0 saturated heterocycles. The van der Waals surface area contributed by atoms with Crippen LogP contribution in [0.1, 0.15) is 47.6 Å². The smallest absolute Gasteiger partial charge is 0.122 e. The molecule has 4 heteroatoms. The number of nitrogens with one attached hydrogen (secondary N) is 1. The molecule has 19 heavy (non-hydrogen) atoms. The summed E-state index contributed by atoms with van der Waals surface area (Å²) in [6.07, 6.45) is 1.05. The molecule has 1 aliphatic carbocycles. The molecule has 1 unspecified atom stereocenters. The van der Waals surface area contributed by atoms with Gasteiger partial charge >= 0.3 is 0 Å². The van der Waals surface area contributed by atoms with Gasteiger partial charge in [0.05, 0.1) is 0 Å². The molecule has 1 saturated carbocycles. The van der Waals surface area contributed by atoms with Gasteiger partial charge in [-0.05, 0) is 30.4 Å². The van der Waals surface area contributed by atoms with Crippen LogP contribution in [0.4, 0.5) is 0 Å². The van der Waals surface area contributed by atoms with Crippen molar-refractivity contribution in [3.63, 3.8) is 0 Å². The van der Waals surface area contributed by atoms with Gasteiger partial charge in [-0.15, -0.1) is 12.4 Å². The molecular formula is C15H24ClNO2. The van der Waals surface area contributed by atoms with Crippen molar-refractivity contribution >= 4 is 12.4 Å². The number of aliphatic hydroxyl groups is 1. The van der Waals surface area contributed by atoms with Crippen LogP contribution in [0.5, 0.6) is 5.75 Å². The van der Waals surface area contributed by atoms with Gasteiger partial charge in [0, 0.05) is 22.2 Å². The molecule has 0 heterocycles. The van der Waals surface area contributed by atoms with Crippen LogP contribution in [0.15, 0.2) is 24.3 Å². The van der Waals surface area contributed by atoms with Gasteiger partial charge < -0.3 is 15.2 Å². The topological polar surface area (TPSA) is 41.5 Å². The van der Waals surface area contributed by atoms with Crippen molar-refractivity contribution in [3.05, 3.63) is 29.8 Å². The predicted octanol–water partition coefficient (Wildman–Crippen LogP) is 2.72. The minimum atomic E-state index is -3.07. The number of benzene rings is 1. The third-order valence-corrected chi connectivity index (χ3v) is 2.88. The summed E-state index contributed by atoms with van der Waals surface area (Å²) in [6, 6.07) is 4.65. The SMILES string of the molecule is Cl.[2H]C([2H])([2H])C([2H])(NCC(O)COc1ccccc1C1CC1)C([2H])([2H])[2H]. The van der Waals surface area contributed by atoms with E-state index in [2.05, 4.69) is 5.32 Å². The first-order valence-corrected chi connectivity index (χ1v) is 6.10.